The molecule has 0 unspecified atom stereocenters. The second kappa shape index (κ2) is 5.34. The molecule has 2 aliphatic carbocycles. The summed E-state index contributed by atoms with van der Waals surface area (Å²) in [5.41, 5.74) is -0.915. The molecule has 1 aliphatic heterocycles. The van der Waals surface area contributed by atoms with Crippen molar-refractivity contribution in [2.24, 2.45) is 22.7 Å². The van der Waals surface area contributed by atoms with Gasteiger partial charge in [-0.1, -0.05) is 13.8 Å². The number of esters is 1. The molecule has 3 fully saturated rings. The first-order valence-corrected chi connectivity index (χ1v) is 9.33. The monoisotopic (exact) mass is 348 g/mol. The van der Waals surface area contributed by atoms with Crippen molar-refractivity contribution in [3.8, 4) is 0 Å². The van der Waals surface area contributed by atoms with Crippen LogP contribution < -0.4 is 0 Å². The first-order valence-electron chi connectivity index (χ1n) is 9.33. The van der Waals surface area contributed by atoms with Gasteiger partial charge in [-0.3, -0.25) is 4.79 Å². The molecule has 1 saturated heterocycles. The van der Waals surface area contributed by atoms with Gasteiger partial charge in [0.15, 0.2) is 0 Å². The van der Waals surface area contributed by atoms with Gasteiger partial charge in [-0.05, 0) is 56.4 Å². The Hall–Kier alpha value is -1.33. The number of carbonyl (C=O) groups excluding carboxylic acids is 1. The summed E-state index contributed by atoms with van der Waals surface area (Å²) in [4.78, 5) is 12.8. The van der Waals surface area contributed by atoms with Crippen molar-refractivity contribution >= 4 is 5.97 Å². The van der Waals surface area contributed by atoms with Crippen LogP contribution in [0.15, 0.2) is 23.0 Å². The summed E-state index contributed by atoms with van der Waals surface area (Å²) in [6, 6.07) is 1.85. The third-order valence-electron chi connectivity index (χ3n) is 7.93. The van der Waals surface area contributed by atoms with E-state index in [4.69, 9.17) is 9.15 Å². The summed E-state index contributed by atoms with van der Waals surface area (Å²) >= 11 is 0. The maximum Gasteiger partial charge on any atom is 0.310 e. The van der Waals surface area contributed by atoms with Gasteiger partial charge in [-0.2, -0.15) is 0 Å². The highest BCUT2D eigenvalue weighted by Crippen LogP contribution is 2.66. The molecule has 3 aliphatic rings. The molecule has 1 aromatic heterocycles. The van der Waals surface area contributed by atoms with Gasteiger partial charge in [0.1, 0.15) is 6.10 Å². The minimum atomic E-state index is -1.14. The molecular formula is C20H28O5. The van der Waals surface area contributed by atoms with Crippen LogP contribution in [0.3, 0.4) is 0 Å². The number of cyclic esters (lactones) is 1. The second-order valence-corrected chi connectivity index (χ2v) is 8.99. The normalized spacial score (nSPS) is 49.9. The Labute approximate surface area is 148 Å². The van der Waals surface area contributed by atoms with Crippen LogP contribution in [0.25, 0.3) is 0 Å². The number of hydrogen-bond acceptors (Lipinski definition) is 5. The Kier molecular flexibility index (Phi) is 3.65. The van der Waals surface area contributed by atoms with E-state index in [0.717, 1.165) is 24.8 Å². The van der Waals surface area contributed by atoms with Gasteiger partial charge in [0, 0.05) is 11.0 Å². The Balaban J connectivity index is 1.74. The lowest BCUT2D eigenvalue weighted by Crippen LogP contribution is -2.66. The lowest BCUT2D eigenvalue weighted by Gasteiger charge is -2.64. The molecule has 5 heteroatoms. The van der Waals surface area contributed by atoms with Crippen molar-refractivity contribution in [1.82, 2.24) is 0 Å². The molecule has 2 N–H and O–H groups in total. The molecule has 1 aromatic rings. The van der Waals surface area contributed by atoms with E-state index in [1.165, 1.54) is 0 Å². The number of hydrogen-bond donors (Lipinski definition) is 2. The zero-order chi connectivity index (χ0) is 18.0. The van der Waals surface area contributed by atoms with E-state index in [9.17, 15) is 15.0 Å². The van der Waals surface area contributed by atoms with Crippen LogP contribution in [-0.2, 0) is 9.53 Å². The standard InChI is InChI=1S/C20H28O5/c1-18-10-14(12-7-9-24-11-12)25-17(22)13(18)6-8-19(2)15(18)4-5-16(21)20(19,3)23/h7,9,11,13-16,21,23H,4-6,8,10H2,1-3H3/t13-,14+,15-,16+,18+,19+,20-/m1/s1. The summed E-state index contributed by atoms with van der Waals surface area (Å²) in [6.07, 6.45) is 5.79. The first kappa shape index (κ1) is 17.1. The Morgan fingerprint density at radius 3 is 2.64 bits per heavy atom. The molecule has 0 aromatic carbocycles. The van der Waals surface area contributed by atoms with Crippen molar-refractivity contribution in [2.45, 2.75) is 70.7 Å². The molecule has 138 valence electrons. The van der Waals surface area contributed by atoms with E-state index in [2.05, 4.69) is 13.8 Å². The number of furan rings is 1. The first-order chi connectivity index (χ1) is 11.7. The van der Waals surface area contributed by atoms with Gasteiger partial charge in [-0.15, -0.1) is 0 Å². The molecule has 2 saturated carbocycles. The summed E-state index contributed by atoms with van der Waals surface area (Å²) in [5, 5.41) is 21.6. The average molecular weight is 348 g/mol. The third-order valence-corrected chi connectivity index (χ3v) is 7.93. The minimum Gasteiger partial charge on any atom is -0.472 e. The fourth-order valence-corrected chi connectivity index (χ4v) is 6.14. The number of fused-ring (bicyclic) bond motifs is 3. The average Bonchev–Trinajstić information content (AvgIpc) is 3.06. The highest BCUT2D eigenvalue weighted by molar-refractivity contribution is 5.75. The molecule has 25 heavy (non-hydrogen) atoms. The topological polar surface area (TPSA) is 79.9 Å². The fraction of sp³-hybridized carbons (Fsp3) is 0.750. The fourth-order valence-electron chi connectivity index (χ4n) is 6.14. The number of aliphatic hydroxyl groups is 2. The van der Waals surface area contributed by atoms with Crippen LogP contribution in [0.5, 0.6) is 0 Å². The van der Waals surface area contributed by atoms with Crippen LogP contribution in [-0.4, -0.2) is 27.9 Å². The highest BCUT2D eigenvalue weighted by atomic mass is 16.5. The van der Waals surface area contributed by atoms with Gasteiger partial charge >= 0.3 is 5.97 Å². The highest BCUT2D eigenvalue weighted by Gasteiger charge is 2.66. The second-order valence-electron chi connectivity index (χ2n) is 8.99. The van der Waals surface area contributed by atoms with E-state index in [0.29, 0.717) is 12.8 Å². The minimum absolute atomic E-state index is 0.132. The predicted molar refractivity (Wildman–Crippen MR) is 90.5 cm³/mol. The van der Waals surface area contributed by atoms with Crippen molar-refractivity contribution in [1.29, 1.82) is 0 Å². The summed E-state index contributed by atoms with van der Waals surface area (Å²) < 4.78 is 10.9. The molecule has 5 nitrogen and oxygen atoms in total. The van der Waals surface area contributed by atoms with Crippen LogP contribution in [0, 0.1) is 22.7 Å². The van der Waals surface area contributed by atoms with Crippen LogP contribution in [0.1, 0.15) is 64.5 Å². The zero-order valence-electron chi connectivity index (χ0n) is 15.2. The zero-order valence-corrected chi connectivity index (χ0v) is 15.2. The van der Waals surface area contributed by atoms with Crippen LogP contribution >= 0.6 is 0 Å². The lowest BCUT2D eigenvalue weighted by atomic mass is 9.42. The Morgan fingerprint density at radius 1 is 1.20 bits per heavy atom. The lowest BCUT2D eigenvalue weighted by molar-refractivity contribution is -0.251. The van der Waals surface area contributed by atoms with E-state index >= 15 is 0 Å². The van der Waals surface area contributed by atoms with Gasteiger partial charge in [-0.25, -0.2) is 0 Å². The number of ether oxygens (including phenoxy) is 1. The van der Waals surface area contributed by atoms with E-state index < -0.39 is 17.1 Å². The van der Waals surface area contributed by atoms with E-state index in [1.54, 1.807) is 19.5 Å². The van der Waals surface area contributed by atoms with Crippen molar-refractivity contribution < 1.29 is 24.2 Å². The molecular weight excluding hydrogens is 320 g/mol. The number of rotatable bonds is 1. The van der Waals surface area contributed by atoms with Crippen LogP contribution in [0.2, 0.25) is 0 Å². The van der Waals surface area contributed by atoms with E-state index in [-0.39, 0.29) is 29.3 Å². The number of carbonyl (C=O) groups is 1. The van der Waals surface area contributed by atoms with Gasteiger partial charge < -0.3 is 19.4 Å². The Bertz CT molecular complexity index is 666. The molecule has 7 atom stereocenters. The van der Waals surface area contributed by atoms with Crippen molar-refractivity contribution in [3.63, 3.8) is 0 Å². The van der Waals surface area contributed by atoms with E-state index in [1.807, 2.05) is 6.07 Å². The van der Waals surface area contributed by atoms with Gasteiger partial charge in [0.2, 0.25) is 0 Å². The predicted octanol–water partition coefficient (Wildman–Crippen LogP) is 3.21. The van der Waals surface area contributed by atoms with Gasteiger partial charge in [0.25, 0.3) is 0 Å². The van der Waals surface area contributed by atoms with Crippen LogP contribution in [0.4, 0.5) is 0 Å². The quantitative estimate of drug-likeness (QED) is 0.762. The molecule has 0 radical (unpaired) electrons. The van der Waals surface area contributed by atoms with Gasteiger partial charge in [0.05, 0.1) is 30.1 Å². The number of aliphatic hydroxyl groups excluding tert-OH is 1. The SMILES string of the molecule is C[C@]12C[C@@H](c3ccoc3)OC(=O)[C@H]1CC[C@@]1(C)[C@@H]2CC[C@H](O)[C@@]1(C)O. The summed E-state index contributed by atoms with van der Waals surface area (Å²) in [7, 11) is 0. The van der Waals surface area contributed by atoms with Crippen molar-refractivity contribution in [2.75, 3.05) is 0 Å². The molecule has 0 amide bonds. The molecule has 2 heterocycles. The molecule has 4 rings (SSSR count). The summed E-state index contributed by atoms with van der Waals surface area (Å²) in [6.45, 7) is 6.04. The largest absolute Gasteiger partial charge is 0.472 e. The maximum atomic E-state index is 12.8. The third kappa shape index (κ3) is 2.18. The maximum absolute atomic E-state index is 12.8. The molecule has 0 spiro atoms. The summed E-state index contributed by atoms with van der Waals surface area (Å²) in [5.74, 6) is -0.105. The molecule has 0 bridgehead atoms. The Morgan fingerprint density at radius 2 is 1.96 bits per heavy atom. The van der Waals surface area contributed by atoms with Crippen molar-refractivity contribution in [3.05, 3.63) is 24.2 Å². The smallest absolute Gasteiger partial charge is 0.310 e.